The number of aryl methyl sites for hydroxylation is 2. The molecule has 0 radical (unpaired) electrons. The fraction of sp³-hybridized carbons (Fsp3) is 0.583. The molecule has 3 fully saturated rings. The summed E-state index contributed by atoms with van der Waals surface area (Å²) in [6, 6.07) is 4.56. The Labute approximate surface area is 177 Å². The van der Waals surface area contributed by atoms with Crippen LogP contribution in [0, 0.1) is 43.4 Å². The third kappa shape index (κ3) is 3.26. The van der Waals surface area contributed by atoms with Crippen LogP contribution in [0.5, 0.6) is 0 Å². The summed E-state index contributed by atoms with van der Waals surface area (Å²) in [5.74, 6) is -1.75. The van der Waals surface area contributed by atoms with Crippen molar-refractivity contribution in [1.29, 1.82) is 0 Å². The highest BCUT2D eigenvalue weighted by atomic mass is 16.5. The second-order valence-corrected chi connectivity index (χ2v) is 9.47. The predicted molar refractivity (Wildman–Crippen MR) is 109 cm³/mol. The Bertz CT molecular complexity index is 892. The van der Waals surface area contributed by atoms with Crippen molar-refractivity contribution in [2.45, 2.75) is 53.0 Å². The van der Waals surface area contributed by atoms with E-state index in [4.69, 9.17) is 4.74 Å². The molecule has 1 heterocycles. The molecule has 0 spiro atoms. The first-order valence-electron chi connectivity index (χ1n) is 10.8. The first kappa shape index (κ1) is 20.8. The Morgan fingerprint density at radius 3 is 2.23 bits per heavy atom. The first-order valence-corrected chi connectivity index (χ1v) is 10.8. The van der Waals surface area contributed by atoms with Gasteiger partial charge >= 0.3 is 5.97 Å². The molecule has 1 aromatic carbocycles. The number of nitrogens with zero attached hydrogens (tertiary/aromatic N) is 1. The van der Waals surface area contributed by atoms with Gasteiger partial charge in [-0.15, -0.1) is 0 Å². The van der Waals surface area contributed by atoms with E-state index in [1.54, 1.807) is 19.9 Å². The van der Waals surface area contributed by atoms with Crippen LogP contribution in [0.2, 0.25) is 0 Å². The minimum Gasteiger partial charge on any atom is -0.456 e. The number of ketones is 1. The normalized spacial score (nSPS) is 28.2. The summed E-state index contributed by atoms with van der Waals surface area (Å²) in [7, 11) is 0. The highest BCUT2D eigenvalue weighted by molar-refractivity contribution is 6.09. The topological polar surface area (TPSA) is 80.8 Å². The molecule has 1 aliphatic heterocycles. The molecule has 0 unspecified atom stereocenters. The van der Waals surface area contributed by atoms with Gasteiger partial charge in [0, 0.05) is 5.56 Å². The molecule has 6 nitrogen and oxygen atoms in total. The Hall–Kier alpha value is -2.50. The highest BCUT2D eigenvalue weighted by Gasteiger charge is 2.62. The van der Waals surface area contributed by atoms with Crippen molar-refractivity contribution in [2.24, 2.45) is 29.6 Å². The van der Waals surface area contributed by atoms with E-state index in [0.717, 1.165) is 35.3 Å². The molecular weight excluding hydrogens is 382 g/mol. The molecule has 1 saturated heterocycles. The third-order valence-corrected chi connectivity index (χ3v) is 7.15. The van der Waals surface area contributed by atoms with E-state index in [1.807, 2.05) is 26.0 Å². The van der Waals surface area contributed by atoms with Crippen LogP contribution in [0.3, 0.4) is 0 Å². The van der Waals surface area contributed by atoms with Crippen molar-refractivity contribution in [3.63, 3.8) is 0 Å². The van der Waals surface area contributed by atoms with Crippen LogP contribution in [0.4, 0.5) is 0 Å². The number of rotatable bonds is 6. The van der Waals surface area contributed by atoms with Crippen LogP contribution in [0.1, 0.15) is 54.6 Å². The molecule has 2 saturated carbocycles. The quantitative estimate of drug-likeness (QED) is 0.408. The molecule has 160 valence electrons. The molecule has 5 atom stereocenters. The number of likely N-dealkylation sites (tertiary alicyclic amines) is 1. The molecule has 2 amide bonds. The summed E-state index contributed by atoms with van der Waals surface area (Å²) in [5, 5.41) is 0. The van der Waals surface area contributed by atoms with E-state index in [9.17, 15) is 19.2 Å². The number of hydrogen-bond donors (Lipinski definition) is 0. The van der Waals surface area contributed by atoms with Gasteiger partial charge in [-0.25, -0.2) is 4.79 Å². The van der Waals surface area contributed by atoms with Gasteiger partial charge < -0.3 is 4.74 Å². The predicted octanol–water partition coefficient (Wildman–Crippen LogP) is 3.09. The van der Waals surface area contributed by atoms with E-state index < -0.39 is 18.6 Å². The van der Waals surface area contributed by atoms with Gasteiger partial charge in [0.2, 0.25) is 17.6 Å². The maximum Gasteiger partial charge on any atom is 0.330 e. The standard InChI is InChI=1S/C24H29NO5/c1-12(2)21(24(29)30-11-18(26)17-9-13(3)5-6-14(17)4)25-22(27)19-15-7-8-16(10-15)20(19)23(25)28/h5-6,9,12,15-16,19-21H,7-8,10-11H2,1-4H3/t15-,16+,19-,20-,21+/m0/s1. The lowest BCUT2D eigenvalue weighted by molar-refractivity contribution is -0.160. The number of carbonyl (C=O) groups excluding carboxylic acids is 4. The average molecular weight is 411 g/mol. The molecule has 6 heteroatoms. The van der Waals surface area contributed by atoms with Gasteiger partial charge in [-0.05, 0) is 62.5 Å². The van der Waals surface area contributed by atoms with E-state index in [-0.39, 0.29) is 47.2 Å². The fourth-order valence-electron chi connectivity index (χ4n) is 5.72. The number of hydrogen-bond acceptors (Lipinski definition) is 5. The summed E-state index contributed by atoms with van der Waals surface area (Å²) < 4.78 is 5.34. The number of fused-ring (bicyclic) bond motifs is 5. The number of imide groups is 1. The summed E-state index contributed by atoms with van der Waals surface area (Å²) >= 11 is 0. The van der Waals surface area contributed by atoms with Gasteiger partial charge in [-0.3, -0.25) is 19.3 Å². The average Bonchev–Trinajstić information content (AvgIpc) is 3.37. The Kier molecular flexibility index (Phi) is 5.28. The summed E-state index contributed by atoms with van der Waals surface area (Å²) in [6.07, 6.45) is 2.92. The summed E-state index contributed by atoms with van der Waals surface area (Å²) in [4.78, 5) is 52.9. The van der Waals surface area contributed by atoms with Crippen molar-refractivity contribution < 1.29 is 23.9 Å². The Morgan fingerprint density at radius 1 is 1.07 bits per heavy atom. The fourth-order valence-corrected chi connectivity index (χ4v) is 5.72. The SMILES string of the molecule is Cc1ccc(C)c(C(=O)COC(=O)[C@@H](C(C)C)N2C(=O)[C@H]3[C@@H]4CC[C@@H](C4)[C@@H]3C2=O)c1. The zero-order chi connectivity index (χ0) is 21.7. The summed E-state index contributed by atoms with van der Waals surface area (Å²) in [5.41, 5.74) is 2.28. The van der Waals surface area contributed by atoms with Gasteiger partial charge in [0.25, 0.3) is 0 Å². The van der Waals surface area contributed by atoms with Gasteiger partial charge in [-0.1, -0.05) is 31.5 Å². The molecule has 4 rings (SSSR count). The van der Waals surface area contributed by atoms with E-state index in [1.165, 1.54) is 0 Å². The van der Waals surface area contributed by atoms with Crippen LogP contribution in [0.25, 0.3) is 0 Å². The van der Waals surface area contributed by atoms with Crippen molar-refractivity contribution in [2.75, 3.05) is 6.61 Å². The molecule has 30 heavy (non-hydrogen) atoms. The monoisotopic (exact) mass is 411 g/mol. The Balaban J connectivity index is 1.49. The lowest BCUT2D eigenvalue weighted by Gasteiger charge is -2.28. The number of esters is 1. The largest absolute Gasteiger partial charge is 0.456 e. The van der Waals surface area contributed by atoms with Gasteiger partial charge in [0.1, 0.15) is 6.04 Å². The van der Waals surface area contributed by atoms with Crippen LogP contribution in [-0.2, 0) is 19.1 Å². The molecule has 3 aliphatic rings. The maximum atomic E-state index is 13.1. The smallest absolute Gasteiger partial charge is 0.330 e. The number of benzene rings is 1. The minimum atomic E-state index is -0.985. The molecular formula is C24H29NO5. The van der Waals surface area contributed by atoms with Crippen molar-refractivity contribution in [3.8, 4) is 0 Å². The zero-order valence-electron chi connectivity index (χ0n) is 18.0. The summed E-state index contributed by atoms with van der Waals surface area (Å²) in [6.45, 7) is 6.91. The van der Waals surface area contributed by atoms with E-state index >= 15 is 0 Å². The van der Waals surface area contributed by atoms with E-state index in [0.29, 0.717) is 5.56 Å². The third-order valence-electron chi connectivity index (χ3n) is 7.15. The molecule has 2 bridgehead atoms. The lowest BCUT2D eigenvalue weighted by Crippen LogP contribution is -2.50. The van der Waals surface area contributed by atoms with Gasteiger partial charge in [0.15, 0.2) is 6.61 Å². The van der Waals surface area contributed by atoms with Crippen molar-refractivity contribution >= 4 is 23.6 Å². The number of Topliss-reactive ketones (excluding diaryl/α,β-unsaturated/α-hetero) is 1. The second-order valence-electron chi connectivity index (χ2n) is 9.47. The molecule has 1 aromatic rings. The number of ether oxygens (including phenoxy) is 1. The molecule has 2 aliphatic carbocycles. The number of carbonyl (C=O) groups is 4. The van der Waals surface area contributed by atoms with Crippen LogP contribution >= 0.6 is 0 Å². The van der Waals surface area contributed by atoms with Gasteiger partial charge in [-0.2, -0.15) is 0 Å². The number of amides is 2. The van der Waals surface area contributed by atoms with Crippen LogP contribution < -0.4 is 0 Å². The van der Waals surface area contributed by atoms with E-state index in [2.05, 4.69) is 0 Å². The maximum absolute atomic E-state index is 13.1. The van der Waals surface area contributed by atoms with Crippen molar-refractivity contribution in [1.82, 2.24) is 4.90 Å². The zero-order valence-corrected chi connectivity index (χ0v) is 18.0. The van der Waals surface area contributed by atoms with Gasteiger partial charge in [0.05, 0.1) is 11.8 Å². The van der Waals surface area contributed by atoms with Crippen LogP contribution in [0.15, 0.2) is 18.2 Å². The van der Waals surface area contributed by atoms with Crippen molar-refractivity contribution in [3.05, 3.63) is 34.9 Å². The minimum absolute atomic E-state index is 0.228. The first-order chi connectivity index (χ1) is 14.2. The lowest BCUT2D eigenvalue weighted by atomic mass is 9.81. The molecule has 0 aromatic heterocycles. The molecule has 0 N–H and O–H groups in total. The Morgan fingerprint density at radius 2 is 1.67 bits per heavy atom. The second kappa shape index (κ2) is 7.64. The highest BCUT2D eigenvalue weighted by Crippen LogP contribution is 2.56. The van der Waals surface area contributed by atoms with Crippen LogP contribution in [-0.4, -0.2) is 41.1 Å².